The van der Waals surface area contributed by atoms with E-state index in [-0.39, 0.29) is 6.03 Å². The van der Waals surface area contributed by atoms with Crippen molar-refractivity contribution in [2.24, 2.45) is 0 Å². The third-order valence-electron chi connectivity index (χ3n) is 3.26. The average molecular weight is 329 g/mol. The molecule has 0 aliphatic heterocycles. The monoisotopic (exact) mass is 329 g/mol. The number of anilines is 1. The standard InChI is InChI=1S/C18H23N3O3/c1-3-14-6-5-7-16(12-14)24-17-9-8-15(13-20-17)21-18(22)19-10-11-23-4-2/h5-9,12-13H,3-4,10-11H2,1-2H3,(H2,19,21,22). The Bertz CT molecular complexity index is 644. The Morgan fingerprint density at radius 2 is 2.08 bits per heavy atom. The van der Waals surface area contributed by atoms with E-state index in [0.717, 1.165) is 12.2 Å². The Labute approximate surface area is 142 Å². The number of urea groups is 1. The maximum atomic E-state index is 11.7. The molecule has 1 aromatic heterocycles. The van der Waals surface area contributed by atoms with Gasteiger partial charge in [-0.15, -0.1) is 0 Å². The number of nitrogens with one attached hydrogen (secondary N) is 2. The molecule has 0 saturated heterocycles. The Kier molecular flexibility index (Phi) is 7.04. The first-order valence-corrected chi connectivity index (χ1v) is 8.06. The number of carbonyl (C=O) groups is 1. The maximum absolute atomic E-state index is 11.7. The van der Waals surface area contributed by atoms with E-state index in [2.05, 4.69) is 28.6 Å². The summed E-state index contributed by atoms with van der Waals surface area (Å²) in [6, 6.07) is 11.1. The fraction of sp³-hybridized carbons (Fsp3) is 0.333. The highest BCUT2D eigenvalue weighted by Gasteiger charge is 2.03. The van der Waals surface area contributed by atoms with E-state index in [0.29, 0.717) is 31.3 Å². The van der Waals surface area contributed by atoms with Crippen LogP contribution in [0.1, 0.15) is 19.4 Å². The molecule has 0 aliphatic rings. The molecule has 0 saturated carbocycles. The number of hydrogen-bond acceptors (Lipinski definition) is 4. The summed E-state index contributed by atoms with van der Waals surface area (Å²) in [5.74, 6) is 1.22. The van der Waals surface area contributed by atoms with Crippen LogP contribution in [0.2, 0.25) is 0 Å². The van der Waals surface area contributed by atoms with Crippen molar-refractivity contribution < 1.29 is 14.3 Å². The van der Waals surface area contributed by atoms with Gasteiger partial charge in [-0.3, -0.25) is 0 Å². The van der Waals surface area contributed by atoms with Gasteiger partial charge in [0.05, 0.1) is 18.5 Å². The van der Waals surface area contributed by atoms with Crippen LogP contribution in [0.4, 0.5) is 10.5 Å². The van der Waals surface area contributed by atoms with Gasteiger partial charge in [0.2, 0.25) is 5.88 Å². The Morgan fingerprint density at radius 1 is 1.21 bits per heavy atom. The highest BCUT2D eigenvalue weighted by atomic mass is 16.5. The molecule has 0 spiro atoms. The minimum absolute atomic E-state index is 0.291. The summed E-state index contributed by atoms with van der Waals surface area (Å²) in [5, 5.41) is 5.40. The van der Waals surface area contributed by atoms with Crippen molar-refractivity contribution in [2.75, 3.05) is 25.1 Å². The van der Waals surface area contributed by atoms with Gasteiger partial charge in [-0.2, -0.15) is 0 Å². The summed E-state index contributed by atoms with van der Waals surface area (Å²) in [6.45, 7) is 5.59. The van der Waals surface area contributed by atoms with Gasteiger partial charge in [0.15, 0.2) is 0 Å². The minimum atomic E-state index is -0.291. The molecule has 1 aromatic carbocycles. The number of rotatable bonds is 8. The molecule has 0 fully saturated rings. The molecule has 0 atom stereocenters. The number of pyridine rings is 1. The molecule has 6 heteroatoms. The number of aryl methyl sites for hydroxylation is 1. The number of benzene rings is 1. The SMILES string of the molecule is CCOCCNC(=O)Nc1ccc(Oc2cccc(CC)c2)nc1. The summed E-state index contributed by atoms with van der Waals surface area (Å²) >= 11 is 0. The molecule has 0 bridgehead atoms. The number of hydrogen-bond donors (Lipinski definition) is 2. The fourth-order valence-corrected chi connectivity index (χ4v) is 2.02. The van der Waals surface area contributed by atoms with Crippen LogP contribution in [0, 0.1) is 0 Å². The lowest BCUT2D eigenvalue weighted by molar-refractivity contribution is 0.150. The van der Waals surface area contributed by atoms with Crippen LogP contribution >= 0.6 is 0 Å². The number of amides is 2. The highest BCUT2D eigenvalue weighted by Crippen LogP contribution is 2.21. The third kappa shape index (κ3) is 5.89. The predicted molar refractivity (Wildman–Crippen MR) is 93.6 cm³/mol. The van der Waals surface area contributed by atoms with E-state index >= 15 is 0 Å². The summed E-state index contributed by atoms with van der Waals surface area (Å²) in [7, 11) is 0. The van der Waals surface area contributed by atoms with Gasteiger partial charge in [0, 0.05) is 19.2 Å². The summed E-state index contributed by atoms with van der Waals surface area (Å²) in [6.07, 6.45) is 2.51. The van der Waals surface area contributed by atoms with Crippen molar-refractivity contribution in [3.05, 3.63) is 48.2 Å². The molecule has 0 aliphatic carbocycles. The van der Waals surface area contributed by atoms with E-state index in [4.69, 9.17) is 9.47 Å². The van der Waals surface area contributed by atoms with Crippen LogP contribution in [0.5, 0.6) is 11.6 Å². The van der Waals surface area contributed by atoms with E-state index in [9.17, 15) is 4.79 Å². The van der Waals surface area contributed by atoms with Gasteiger partial charge in [0.25, 0.3) is 0 Å². The van der Waals surface area contributed by atoms with Gasteiger partial charge in [-0.05, 0) is 37.1 Å². The summed E-state index contributed by atoms with van der Waals surface area (Å²) < 4.78 is 10.9. The lowest BCUT2D eigenvalue weighted by Crippen LogP contribution is -2.31. The second-order valence-corrected chi connectivity index (χ2v) is 5.07. The molecular weight excluding hydrogens is 306 g/mol. The van der Waals surface area contributed by atoms with Crippen molar-refractivity contribution in [1.29, 1.82) is 0 Å². The minimum Gasteiger partial charge on any atom is -0.439 e. The molecule has 0 unspecified atom stereocenters. The molecule has 24 heavy (non-hydrogen) atoms. The highest BCUT2D eigenvalue weighted by molar-refractivity contribution is 5.88. The Balaban J connectivity index is 1.85. The molecule has 128 valence electrons. The first-order chi connectivity index (χ1) is 11.7. The first kappa shape index (κ1) is 17.7. The molecule has 6 nitrogen and oxygen atoms in total. The van der Waals surface area contributed by atoms with E-state index in [1.165, 1.54) is 5.56 Å². The van der Waals surface area contributed by atoms with Gasteiger partial charge in [-0.25, -0.2) is 9.78 Å². The van der Waals surface area contributed by atoms with Crippen LogP contribution in [-0.4, -0.2) is 30.8 Å². The zero-order valence-corrected chi connectivity index (χ0v) is 14.0. The van der Waals surface area contributed by atoms with E-state index < -0.39 is 0 Å². The number of carbonyl (C=O) groups excluding carboxylic acids is 1. The van der Waals surface area contributed by atoms with E-state index in [1.807, 2.05) is 25.1 Å². The summed E-state index contributed by atoms with van der Waals surface area (Å²) in [4.78, 5) is 15.9. The second-order valence-electron chi connectivity index (χ2n) is 5.07. The van der Waals surface area contributed by atoms with Crippen LogP contribution in [0.25, 0.3) is 0 Å². The quantitative estimate of drug-likeness (QED) is 0.726. The molecule has 2 amide bonds. The van der Waals surface area contributed by atoms with E-state index in [1.54, 1.807) is 18.3 Å². The molecule has 0 radical (unpaired) electrons. The van der Waals surface area contributed by atoms with Gasteiger partial charge in [0.1, 0.15) is 5.75 Å². The van der Waals surface area contributed by atoms with Crippen LogP contribution in [-0.2, 0) is 11.2 Å². The number of nitrogens with zero attached hydrogens (tertiary/aromatic N) is 1. The molecule has 2 N–H and O–H groups in total. The van der Waals surface area contributed by atoms with Crippen molar-refractivity contribution >= 4 is 11.7 Å². The fourth-order valence-electron chi connectivity index (χ4n) is 2.02. The number of ether oxygens (including phenoxy) is 2. The van der Waals surface area contributed by atoms with Crippen LogP contribution < -0.4 is 15.4 Å². The zero-order chi connectivity index (χ0) is 17.2. The average Bonchev–Trinajstić information content (AvgIpc) is 2.61. The van der Waals surface area contributed by atoms with Crippen LogP contribution in [0.15, 0.2) is 42.6 Å². The lowest BCUT2D eigenvalue weighted by atomic mass is 10.2. The maximum Gasteiger partial charge on any atom is 0.319 e. The third-order valence-corrected chi connectivity index (χ3v) is 3.26. The zero-order valence-electron chi connectivity index (χ0n) is 14.0. The topological polar surface area (TPSA) is 72.5 Å². The van der Waals surface area contributed by atoms with Crippen LogP contribution in [0.3, 0.4) is 0 Å². The summed E-state index contributed by atoms with van der Waals surface area (Å²) in [5.41, 5.74) is 1.80. The molecular formula is C18H23N3O3. The first-order valence-electron chi connectivity index (χ1n) is 8.06. The second kappa shape index (κ2) is 9.52. The smallest absolute Gasteiger partial charge is 0.319 e. The molecule has 2 rings (SSSR count). The van der Waals surface area contributed by atoms with Crippen molar-refractivity contribution in [2.45, 2.75) is 20.3 Å². The van der Waals surface area contributed by atoms with Gasteiger partial charge < -0.3 is 20.1 Å². The van der Waals surface area contributed by atoms with Crippen molar-refractivity contribution in [3.63, 3.8) is 0 Å². The van der Waals surface area contributed by atoms with Crippen molar-refractivity contribution in [3.8, 4) is 11.6 Å². The lowest BCUT2D eigenvalue weighted by Gasteiger charge is -2.09. The molecule has 1 heterocycles. The molecule has 2 aromatic rings. The normalized spacial score (nSPS) is 10.2. The van der Waals surface area contributed by atoms with Gasteiger partial charge in [-0.1, -0.05) is 19.1 Å². The Morgan fingerprint density at radius 3 is 2.79 bits per heavy atom. The van der Waals surface area contributed by atoms with Gasteiger partial charge >= 0.3 is 6.03 Å². The Hall–Kier alpha value is -2.60. The van der Waals surface area contributed by atoms with Crippen molar-refractivity contribution in [1.82, 2.24) is 10.3 Å². The number of aromatic nitrogens is 1. The predicted octanol–water partition coefficient (Wildman–Crippen LogP) is 3.59. The largest absolute Gasteiger partial charge is 0.439 e.